The molecule has 3 nitrogen and oxygen atoms in total. The Kier molecular flexibility index (Phi) is 4.36. The molecule has 0 amide bonds. The third-order valence-electron chi connectivity index (χ3n) is 2.22. The van der Waals surface area contributed by atoms with E-state index in [-0.39, 0.29) is 0 Å². The van der Waals surface area contributed by atoms with Gasteiger partial charge in [0.05, 0.1) is 6.20 Å². The molecule has 0 radical (unpaired) electrons. The minimum absolute atomic E-state index is 0.325. The van der Waals surface area contributed by atoms with Crippen molar-refractivity contribution in [2.24, 2.45) is 7.05 Å². The summed E-state index contributed by atoms with van der Waals surface area (Å²) >= 11 is 0. The van der Waals surface area contributed by atoms with Crippen molar-refractivity contribution < 1.29 is 4.79 Å². The van der Waals surface area contributed by atoms with Crippen LogP contribution in [0.1, 0.15) is 38.2 Å². The van der Waals surface area contributed by atoms with E-state index < -0.39 is 0 Å². The number of nitrogens with zero attached hydrogens (tertiary/aromatic N) is 2. The quantitative estimate of drug-likeness (QED) is 0.650. The SMILES string of the molecule is CCCCCC(=O)Cc1cnn(C)c1. The molecule has 0 aliphatic rings. The Morgan fingerprint density at radius 3 is 2.86 bits per heavy atom. The predicted octanol–water partition coefficient (Wildman–Crippen LogP) is 2.11. The van der Waals surface area contributed by atoms with Crippen LogP contribution >= 0.6 is 0 Å². The summed E-state index contributed by atoms with van der Waals surface area (Å²) in [6, 6.07) is 0. The van der Waals surface area contributed by atoms with Gasteiger partial charge in [-0.05, 0) is 12.0 Å². The first-order valence-electron chi connectivity index (χ1n) is 5.21. The van der Waals surface area contributed by atoms with Gasteiger partial charge >= 0.3 is 0 Å². The molecule has 1 heterocycles. The molecule has 0 fully saturated rings. The fourth-order valence-corrected chi connectivity index (χ4v) is 1.45. The van der Waals surface area contributed by atoms with Gasteiger partial charge in [0, 0.05) is 26.1 Å². The van der Waals surface area contributed by atoms with Crippen molar-refractivity contribution in [1.82, 2.24) is 9.78 Å². The Hall–Kier alpha value is -1.12. The van der Waals surface area contributed by atoms with Gasteiger partial charge in [0.2, 0.25) is 0 Å². The molecular formula is C11H18N2O. The largest absolute Gasteiger partial charge is 0.299 e. The van der Waals surface area contributed by atoms with E-state index in [0.29, 0.717) is 18.6 Å². The highest BCUT2D eigenvalue weighted by Crippen LogP contribution is 2.04. The van der Waals surface area contributed by atoms with Gasteiger partial charge < -0.3 is 0 Å². The van der Waals surface area contributed by atoms with Gasteiger partial charge in [0.1, 0.15) is 5.78 Å². The normalized spacial score (nSPS) is 10.4. The molecule has 0 saturated carbocycles. The summed E-state index contributed by atoms with van der Waals surface area (Å²) in [4.78, 5) is 11.5. The maximum absolute atomic E-state index is 11.5. The van der Waals surface area contributed by atoms with Crippen LogP contribution < -0.4 is 0 Å². The maximum atomic E-state index is 11.5. The van der Waals surface area contributed by atoms with Gasteiger partial charge in [-0.2, -0.15) is 5.10 Å². The second-order valence-corrected chi connectivity index (χ2v) is 3.69. The molecule has 1 aromatic heterocycles. The number of Topliss-reactive ketones (excluding diaryl/α,β-unsaturated/α-hetero) is 1. The second kappa shape index (κ2) is 5.58. The number of hydrogen-bond donors (Lipinski definition) is 0. The zero-order valence-electron chi connectivity index (χ0n) is 8.99. The molecule has 0 unspecified atom stereocenters. The van der Waals surface area contributed by atoms with Gasteiger partial charge in [-0.1, -0.05) is 19.8 Å². The Morgan fingerprint density at radius 1 is 1.50 bits per heavy atom. The predicted molar refractivity (Wildman–Crippen MR) is 56.1 cm³/mol. The van der Waals surface area contributed by atoms with Crippen LogP contribution in [-0.4, -0.2) is 15.6 Å². The Bertz CT molecular complexity index is 291. The van der Waals surface area contributed by atoms with Crippen molar-refractivity contribution in [2.75, 3.05) is 0 Å². The number of hydrogen-bond acceptors (Lipinski definition) is 2. The van der Waals surface area contributed by atoms with E-state index in [1.54, 1.807) is 10.9 Å². The highest BCUT2D eigenvalue weighted by molar-refractivity contribution is 5.80. The highest BCUT2D eigenvalue weighted by atomic mass is 16.1. The summed E-state index contributed by atoms with van der Waals surface area (Å²) < 4.78 is 1.73. The van der Waals surface area contributed by atoms with Crippen molar-refractivity contribution in [1.29, 1.82) is 0 Å². The van der Waals surface area contributed by atoms with Crippen molar-refractivity contribution >= 4 is 5.78 Å². The minimum Gasteiger partial charge on any atom is -0.299 e. The summed E-state index contributed by atoms with van der Waals surface area (Å²) in [5, 5.41) is 4.03. The molecule has 0 saturated heterocycles. The lowest BCUT2D eigenvalue weighted by atomic mass is 10.1. The molecule has 0 aliphatic heterocycles. The molecular weight excluding hydrogens is 176 g/mol. The first-order valence-corrected chi connectivity index (χ1v) is 5.21. The maximum Gasteiger partial charge on any atom is 0.137 e. The zero-order valence-corrected chi connectivity index (χ0v) is 8.99. The Balaban J connectivity index is 2.27. The monoisotopic (exact) mass is 194 g/mol. The van der Waals surface area contributed by atoms with E-state index in [1.165, 1.54) is 6.42 Å². The van der Waals surface area contributed by atoms with E-state index in [1.807, 2.05) is 13.2 Å². The van der Waals surface area contributed by atoms with Gasteiger partial charge in [-0.15, -0.1) is 0 Å². The number of rotatable bonds is 6. The number of carbonyl (C=O) groups is 1. The van der Waals surface area contributed by atoms with E-state index >= 15 is 0 Å². The van der Waals surface area contributed by atoms with Gasteiger partial charge in [0.15, 0.2) is 0 Å². The summed E-state index contributed by atoms with van der Waals surface area (Å²) in [6.07, 6.45) is 8.25. The van der Waals surface area contributed by atoms with Crippen LogP contribution in [0.15, 0.2) is 12.4 Å². The van der Waals surface area contributed by atoms with E-state index in [9.17, 15) is 4.79 Å². The van der Waals surface area contributed by atoms with Crippen LogP contribution in [0.5, 0.6) is 0 Å². The Morgan fingerprint density at radius 2 is 2.29 bits per heavy atom. The van der Waals surface area contributed by atoms with Crippen LogP contribution in [0.25, 0.3) is 0 Å². The van der Waals surface area contributed by atoms with Gasteiger partial charge in [-0.25, -0.2) is 0 Å². The molecule has 14 heavy (non-hydrogen) atoms. The molecule has 0 bridgehead atoms. The summed E-state index contributed by atoms with van der Waals surface area (Å²) in [7, 11) is 1.87. The van der Waals surface area contributed by atoms with Crippen LogP contribution in [0.3, 0.4) is 0 Å². The third kappa shape index (κ3) is 3.73. The molecule has 78 valence electrons. The zero-order chi connectivity index (χ0) is 10.4. The number of carbonyl (C=O) groups excluding carboxylic acids is 1. The fraction of sp³-hybridized carbons (Fsp3) is 0.636. The topological polar surface area (TPSA) is 34.9 Å². The lowest BCUT2D eigenvalue weighted by Gasteiger charge is -1.97. The van der Waals surface area contributed by atoms with Crippen LogP contribution in [0.2, 0.25) is 0 Å². The average molecular weight is 194 g/mol. The van der Waals surface area contributed by atoms with Crippen LogP contribution in [0, 0.1) is 0 Å². The van der Waals surface area contributed by atoms with Crippen molar-refractivity contribution in [2.45, 2.75) is 39.0 Å². The van der Waals surface area contributed by atoms with Crippen molar-refractivity contribution in [3.63, 3.8) is 0 Å². The molecule has 0 N–H and O–H groups in total. The van der Waals surface area contributed by atoms with Gasteiger partial charge in [-0.3, -0.25) is 9.48 Å². The van der Waals surface area contributed by atoms with E-state index in [4.69, 9.17) is 0 Å². The fourth-order valence-electron chi connectivity index (χ4n) is 1.45. The molecule has 0 atom stereocenters. The molecule has 3 heteroatoms. The summed E-state index contributed by atoms with van der Waals surface area (Å²) in [5.41, 5.74) is 1.02. The van der Waals surface area contributed by atoms with Crippen LogP contribution in [-0.2, 0) is 18.3 Å². The molecule has 0 aromatic carbocycles. The lowest BCUT2D eigenvalue weighted by molar-refractivity contribution is -0.118. The van der Waals surface area contributed by atoms with Crippen molar-refractivity contribution in [3.05, 3.63) is 18.0 Å². The smallest absolute Gasteiger partial charge is 0.137 e. The first kappa shape index (κ1) is 11.0. The van der Waals surface area contributed by atoms with E-state index in [0.717, 1.165) is 18.4 Å². The second-order valence-electron chi connectivity index (χ2n) is 3.69. The lowest BCUT2D eigenvalue weighted by Crippen LogP contribution is -2.01. The first-order chi connectivity index (χ1) is 6.72. The molecule has 0 aliphatic carbocycles. The summed E-state index contributed by atoms with van der Waals surface area (Å²) in [6.45, 7) is 2.14. The average Bonchev–Trinajstić information content (AvgIpc) is 2.52. The minimum atomic E-state index is 0.325. The highest BCUT2D eigenvalue weighted by Gasteiger charge is 2.04. The van der Waals surface area contributed by atoms with Gasteiger partial charge in [0.25, 0.3) is 0 Å². The van der Waals surface area contributed by atoms with E-state index in [2.05, 4.69) is 12.0 Å². The molecule has 1 rings (SSSR count). The molecule has 1 aromatic rings. The summed E-state index contributed by atoms with van der Waals surface area (Å²) in [5.74, 6) is 0.325. The van der Waals surface area contributed by atoms with Crippen molar-refractivity contribution in [3.8, 4) is 0 Å². The number of ketones is 1. The number of unbranched alkanes of at least 4 members (excludes halogenated alkanes) is 2. The Labute approximate surface area is 85.1 Å². The standard InChI is InChI=1S/C11H18N2O/c1-3-4-5-6-11(14)7-10-8-12-13(2)9-10/h8-9H,3-7H2,1-2H3. The number of aryl methyl sites for hydroxylation is 1. The number of aromatic nitrogens is 2. The molecule has 0 spiro atoms. The van der Waals surface area contributed by atoms with Crippen LogP contribution in [0.4, 0.5) is 0 Å². The third-order valence-corrected chi connectivity index (χ3v) is 2.22.